The molecule has 3 nitrogen and oxygen atoms in total. The highest BCUT2D eigenvalue weighted by Gasteiger charge is 2.18. The maximum Gasteiger partial charge on any atom is 0.307 e. The lowest BCUT2D eigenvalue weighted by Gasteiger charge is -2.15. The van der Waals surface area contributed by atoms with Gasteiger partial charge in [-0.2, -0.15) is 0 Å². The number of carbonyl (C=O) groups is 1. The van der Waals surface area contributed by atoms with Crippen molar-refractivity contribution in [3.63, 3.8) is 0 Å². The number of carboxylic acid groups (broad SMARTS) is 1. The maximum absolute atomic E-state index is 13.0. The summed E-state index contributed by atoms with van der Waals surface area (Å²) in [6.45, 7) is 4.56. The molecule has 1 aromatic carbocycles. The molecule has 1 rings (SSSR count). The summed E-state index contributed by atoms with van der Waals surface area (Å²) in [5, 5.41) is 12.0. The molecule has 0 saturated carbocycles. The summed E-state index contributed by atoms with van der Waals surface area (Å²) < 4.78 is 25.7. The van der Waals surface area contributed by atoms with Gasteiger partial charge in [0.2, 0.25) is 0 Å². The number of aliphatic carboxylic acids is 1. The van der Waals surface area contributed by atoms with E-state index in [9.17, 15) is 13.6 Å². The van der Waals surface area contributed by atoms with E-state index in [0.29, 0.717) is 31.0 Å². The zero-order valence-corrected chi connectivity index (χ0v) is 11.1. The molecular weight excluding hydrogens is 252 g/mol. The highest BCUT2D eigenvalue weighted by atomic mass is 19.2. The van der Waals surface area contributed by atoms with Gasteiger partial charge in [0.05, 0.1) is 5.92 Å². The van der Waals surface area contributed by atoms with E-state index in [0.717, 1.165) is 12.1 Å². The Bertz CT molecular complexity index is 435. The Morgan fingerprint density at radius 3 is 2.53 bits per heavy atom. The molecule has 0 spiro atoms. The molecule has 0 aromatic heterocycles. The van der Waals surface area contributed by atoms with Crippen molar-refractivity contribution < 1.29 is 18.7 Å². The average molecular weight is 271 g/mol. The third-order valence-electron chi connectivity index (χ3n) is 2.81. The molecule has 0 radical (unpaired) electrons. The molecular formula is C14H19F2NO2. The Morgan fingerprint density at radius 2 is 2.00 bits per heavy atom. The van der Waals surface area contributed by atoms with E-state index < -0.39 is 23.5 Å². The van der Waals surface area contributed by atoms with Crippen molar-refractivity contribution in [3.8, 4) is 0 Å². The lowest BCUT2D eigenvalue weighted by molar-refractivity contribution is -0.142. The van der Waals surface area contributed by atoms with Crippen LogP contribution >= 0.6 is 0 Å². The van der Waals surface area contributed by atoms with Crippen LogP contribution in [0.25, 0.3) is 0 Å². The van der Waals surface area contributed by atoms with E-state index in [1.54, 1.807) is 0 Å². The van der Waals surface area contributed by atoms with E-state index in [1.165, 1.54) is 6.07 Å². The largest absolute Gasteiger partial charge is 0.481 e. The third kappa shape index (κ3) is 5.34. The van der Waals surface area contributed by atoms with Crippen LogP contribution in [0.3, 0.4) is 0 Å². The van der Waals surface area contributed by atoms with Gasteiger partial charge in [0, 0.05) is 13.1 Å². The lowest BCUT2D eigenvalue weighted by Crippen LogP contribution is -2.29. The summed E-state index contributed by atoms with van der Waals surface area (Å²) in [4.78, 5) is 11.0. The fourth-order valence-electron chi connectivity index (χ4n) is 1.88. The summed E-state index contributed by atoms with van der Waals surface area (Å²) in [5.74, 6) is -2.79. The molecule has 0 bridgehead atoms. The molecule has 0 aliphatic heterocycles. The van der Waals surface area contributed by atoms with Crippen molar-refractivity contribution in [1.82, 2.24) is 5.32 Å². The van der Waals surface area contributed by atoms with Gasteiger partial charge in [0.25, 0.3) is 0 Å². The molecule has 19 heavy (non-hydrogen) atoms. The van der Waals surface area contributed by atoms with E-state index in [1.807, 2.05) is 13.8 Å². The molecule has 0 amide bonds. The third-order valence-corrected chi connectivity index (χ3v) is 2.81. The van der Waals surface area contributed by atoms with Crippen LogP contribution < -0.4 is 5.32 Å². The van der Waals surface area contributed by atoms with Gasteiger partial charge >= 0.3 is 5.97 Å². The molecule has 1 atom stereocenters. The van der Waals surface area contributed by atoms with Crippen LogP contribution in [0.15, 0.2) is 18.2 Å². The number of carboxylic acids is 1. The Labute approximate surface area is 111 Å². The van der Waals surface area contributed by atoms with Crippen LogP contribution in [0.2, 0.25) is 0 Å². The number of rotatable bonds is 7. The topological polar surface area (TPSA) is 49.3 Å². The molecule has 0 aliphatic rings. The standard InChI is InChI=1S/C14H19F2NO2/c1-9(2)5-11(14(18)19)8-17-7-10-3-4-12(15)13(16)6-10/h3-4,6,9,11,17H,5,7-8H2,1-2H3,(H,18,19). The SMILES string of the molecule is CC(C)CC(CNCc1ccc(F)c(F)c1)C(=O)O. The monoisotopic (exact) mass is 271 g/mol. The molecule has 1 unspecified atom stereocenters. The summed E-state index contributed by atoms with van der Waals surface area (Å²) in [5.41, 5.74) is 0.590. The van der Waals surface area contributed by atoms with Crippen molar-refractivity contribution in [2.75, 3.05) is 6.54 Å². The number of hydrogen-bond donors (Lipinski definition) is 2. The second-order valence-corrected chi connectivity index (χ2v) is 5.04. The summed E-state index contributed by atoms with van der Waals surface area (Å²) >= 11 is 0. The molecule has 0 aliphatic carbocycles. The highest BCUT2D eigenvalue weighted by Crippen LogP contribution is 2.12. The molecule has 5 heteroatoms. The van der Waals surface area contributed by atoms with Crippen LogP contribution in [0, 0.1) is 23.5 Å². The molecule has 0 heterocycles. The minimum Gasteiger partial charge on any atom is -0.481 e. The van der Waals surface area contributed by atoms with E-state index in [2.05, 4.69) is 5.32 Å². The molecule has 0 fully saturated rings. The number of halogens is 2. The first kappa shape index (κ1) is 15.6. The smallest absolute Gasteiger partial charge is 0.307 e. The fourth-order valence-corrected chi connectivity index (χ4v) is 1.88. The number of hydrogen-bond acceptors (Lipinski definition) is 2. The lowest BCUT2D eigenvalue weighted by atomic mass is 9.97. The molecule has 2 N–H and O–H groups in total. The second kappa shape index (κ2) is 7.19. The average Bonchev–Trinajstić information content (AvgIpc) is 2.31. The van der Waals surface area contributed by atoms with Gasteiger partial charge in [-0.1, -0.05) is 19.9 Å². The van der Waals surface area contributed by atoms with Crippen LogP contribution in [0.1, 0.15) is 25.8 Å². The minimum atomic E-state index is -0.892. The van der Waals surface area contributed by atoms with Gasteiger partial charge < -0.3 is 10.4 Å². The zero-order chi connectivity index (χ0) is 14.4. The van der Waals surface area contributed by atoms with Crippen molar-refractivity contribution in [3.05, 3.63) is 35.4 Å². The second-order valence-electron chi connectivity index (χ2n) is 5.04. The fraction of sp³-hybridized carbons (Fsp3) is 0.500. The highest BCUT2D eigenvalue weighted by molar-refractivity contribution is 5.70. The molecule has 0 saturated heterocycles. The van der Waals surface area contributed by atoms with Gasteiger partial charge in [-0.05, 0) is 30.0 Å². The Hall–Kier alpha value is -1.49. The Balaban J connectivity index is 2.47. The van der Waals surface area contributed by atoms with E-state index >= 15 is 0 Å². The van der Waals surface area contributed by atoms with Gasteiger partial charge in [-0.3, -0.25) is 4.79 Å². The van der Waals surface area contributed by atoms with Crippen LogP contribution in [0.5, 0.6) is 0 Å². The zero-order valence-electron chi connectivity index (χ0n) is 11.1. The number of nitrogens with one attached hydrogen (secondary N) is 1. The summed E-state index contributed by atoms with van der Waals surface area (Å²) in [7, 11) is 0. The first-order valence-electron chi connectivity index (χ1n) is 6.27. The van der Waals surface area contributed by atoms with Crippen LogP contribution in [-0.4, -0.2) is 17.6 Å². The minimum absolute atomic E-state index is 0.297. The predicted octanol–water partition coefficient (Wildman–Crippen LogP) is 2.80. The van der Waals surface area contributed by atoms with Crippen LogP contribution in [0.4, 0.5) is 8.78 Å². The van der Waals surface area contributed by atoms with E-state index in [-0.39, 0.29) is 0 Å². The van der Waals surface area contributed by atoms with Crippen molar-refractivity contribution in [2.24, 2.45) is 11.8 Å². The van der Waals surface area contributed by atoms with Gasteiger partial charge in [0.15, 0.2) is 11.6 Å². The summed E-state index contributed by atoms with van der Waals surface area (Å²) in [6, 6.07) is 3.65. The van der Waals surface area contributed by atoms with Crippen molar-refractivity contribution in [1.29, 1.82) is 0 Å². The van der Waals surface area contributed by atoms with Gasteiger partial charge in [0.1, 0.15) is 0 Å². The van der Waals surface area contributed by atoms with Crippen molar-refractivity contribution >= 4 is 5.97 Å². The van der Waals surface area contributed by atoms with Crippen molar-refractivity contribution in [2.45, 2.75) is 26.8 Å². The Kier molecular flexibility index (Phi) is 5.89. The van der Waals surface area contributed by atoms with E-state index in [4.69, 9.17) is 5.11 Å². The quantitative estimate of drug-likeness (QED) is 0.801. The first-order chi connectivity index (χ1) is 8.90. The van der Waals surface area contributed by atoms with Gasteiger partial charge in [-0.25, -0.2) is 8.78 Å². The molecule has 106 valence electrons. The van der Waals surface area contributed by atoms with Crippen LogP contribution in [-0.2, 0) is 11.3 Å². The molecule has 1 aromatic rings. The normalized spacial score (nSPS) is 12.7. The predicted molar refractivity (Wildman–Crippen MR) is 68.6 cm³/mol. The summed E-state index contributed by atoms with van der Waals surface area (Å²) in [6.07, 6.45) is 0.583. The van der Waals surface area contributed by atoms with Gasteiger partial charge in [-0.15, -0.1) is 0 Å². The maximum atomic E-state index is 13.0. The Morgan fingerprint density at radius 1 is 1.32 bits per heavy atom. The first-order valence-corrected chi connectivity index (χ1v) is 6.27. The number of benzene rings is 1.